The Morgan fingerprint density at radius 3 is 1.68 bits per heavy atom. The van der Waals surface area contributed by atoms with E-state index in [1.807, 2.05) is 0 Å². The van der Waals surface area contributed by atoms with Crippen LogP contribution in [0.25, 0.3) is 0 Å². The molecule has 0 spiro atoms. The molecule has 2 nitrogen and oxygen atoms in total. The van der Waals surface area contributed by atoms with Crippen LogP contribution in [-0.4, -0.2) is 11.1 Å². The molecule has 0 unspecified atom stereocenters. The largest absolute Gasteiger partial charge is 0.478 e. The molecule has 1 aromatic carbocycles. The maximum Gasteiger partial charge on any atom is 0.336 e. The highest BCUT2D eigenvalue weighted by Crippen LogP contribution is 2.35. The average molecular weight is 347 g/mol. The zero-order valence-electron chi connectivity index (χ0n) is 17.5. The summed E-state index contributed by atoms with van der Waals surface area (Å²) < 4.78 is 0. The zero-order chi connectivity index (χ0) is 19.3. The minimum atomic E-state index is -0.805. The molecule has 0 aliphatic carbocycles. The number of carboxylic acids is 1. The van der Waals surface area contributed by atoms with Gasteiger partial charge in [-0.1, -0.05) is 92.7 Å². The van der Waals surface area contributed by atoms with E-state index in [0.717, 1.165) is 17.5 Å². The summed E-state index contributed by atoms with van der Waals surface area (Å²) in [6.45, 7) is 14.9. The van der Waals surface area contributed by atoms with Crippen LogP contribution in [0.1, 0.15) is 114 Å². The molecule has 0 atom stereocenters. The third-order valence-electron chi connectivity index (χ3n) is 4.85. The molecule has 0 heterocycles. The SMILES string of the molecule is CCCCCCCCc1cc(C(C)(C)C)c(C(=O)O)c(C(C)(C)C)c1. The second kappa shape index (κ2) is 8.87. The van der Waals surface area contributed by atoms with E-state index in [1.165, 1.54) is 44.1 Å². The number of hydrogen-bond acceptors (Lipinski definition) is 1. The van der Waals surface area contributed by atoms with Gasteiger partial charge in [-0.2, -0.15) is 0 Å². The molecule has 0 aliphatic rings. The van der Waals surface area contributed by atoms with E-state index >= 15 is 0 Å². The molecule has 1 rings (SSSR count). The molecule has 0 saturated carbocycles. The third-order valence-corrected chi connectivity index (χ3v) is 4.85. The molecular weight excluding hydrogens is 308 g/mol. The van der Waals surface area contributed by atoms with Gasteiger partial charge < -0.3 is 5.11 Å². The maximum atomic E-state index is 12.0. The highest BCUT2D eigenvalue weighted by molar-refractivity contribution is 5.92. The molecule has 0 saturated heterocycles. The fourth-order valence-corrected chi connectivity index (χ4v) is 3.37. The van der Waals surface area contributed by atoms with Gasteiger partial charge in [-0.3, -0.25) is 0 Å². The molecule has 2 heteroatoms. The van der Waals surface area contributed by atoms with Crippen molar-refractivity contribution in [2.24, 2.45) is 0 Å². The molecular formula is C23H38O2. The molecule has 0 fully saturated rings. The molecule has 1 N–H and O–H groups in total. The van der Waals surface area contributed by atoms with E-state index in [1.54, 1.807) is 0 Å². The van der Waals surface area contributed by atoms with Crippen molar-refractivity contribution in [2.75, 3.05) is 0 Å². The van der Waals surface area contributed by atoms with Crippen LogP contribution in [0.3, 0.4) is 0 Å². The summed E-state index contributed by atoms with van der Waals surface area (Å²) in [4.78, 5) is 12.0. The van der Waals surface area contributed by atoms with Crippen molar-refractivity contribution >= 4 is 5.97 Å². The summed E-state index contributed by atoms with van der Waals surface area (Å²) >= 11 is 0. The number of carboxylic acid groups (broad SMARTS) is 1. The first-order valence-electron chi connectivity index (χ1n) is 9.89. The Labute approximate surface area is 155 Å². The van der Waals surface area contributed by atoms with Crippen LogP contribution in [0.2, 0.25) is 0 Å². The average Bonchev–Trinajstić information content (AvgIpc) is 2.48. The first-order chi connectivity index (χ1) is 11.5. The van der Waals surface area contributed by atoms with Crippen LogP contribution < -0.4 is 0 Å². The van der Waals surface area contributed by atoms with Gasteiger partial charge in [0.2, 0.25) is 0 Å². The smallest absolute Gasteiger partial charge is 0.336 e. The second-order valence-corrected chi connectivity index (χ2v) is 9.39. The van der Waals surface area contributed by atoms with Crippen LogP contribution >= 0.6 is 0 Å². The summed E-state index contributed by atoms with van der Waals surface area (Å²) in [5.41, 5.74) is 3.37. The van der Waals surface area contributed by atoms with Gasteiger partial charge in [-0.25, -0.2) is 4.79 Å². The van der Waals surface area contributed by atoms with Gasteiger partial charge in [0, 0.05) is 0 Å². The Morgan fingerprint density at radius 2 is 1.28 bits per heavy atom. The monoisotopic (exact) mass is 346 g/mol. The van der Waals surface area contributed by atoms with E-state index in [4.69, 9.17) is 0 Å². The van der Waals surface area contributed by atoms with Crippen molar-refractivity contribution < 1.29 is 9.90 Å². The predicted molar refractivity (Wildman–Crippen MR) is 108 cm³/mol. The number of unbranched alkanes of at least 4 members (excludes halogenated alkanes) is 5. The summed E-state index contributed by atoms with van der Waals surface area (Å²) in [5.74, 6) is -0.805. The van der Waals surface area contributed by atoms with Crippen LogP contribution in [0.5, 0.6) is 0 Å². The lowest BCUT2D eigenvalue weighted by Crippen LogP contribution is -2.24. The summed E-state index contributed by atoms with van der Waals surface area (Å²) in [7, 11) is 0. The Kier molecular flexibility index (Phi) is 7.71. The van der Waals surface area contributed by atoms with Gasteiger partial charge >= 0.3 is 5.97 Å². The van der Waals surface area contributed by atoms with E-state index in [0.29, 0.717) is 5.56 Å². The number of aryl methyl sites for hydroxylation is 1. The maximum absolute atomic E-state index is 12.0. The Balaban J connectivity index is 3.14. The van der Waals surface area contributed by atoms with Crippen molar-refractivity contribution in [2.45, 2.75) is 104 Å². The molecule has 0 aromatic heterocycles. The van der Waals surface area contributed by atoms with Crippen LogP contribution in [0, 0.1) is 0 Å². The fraction of sp³-hybridized carbons (Fsp3) is 0.696. The van der Waals surface area contributed by atoms with Crippen LogP contribution in [0.15, 0.2) is 12.1 Å². The van der Waals surface area contributed by atoms with Gasteiger partial charge in [0.15, 0.2) is 0 Å². The Morgan fingerprint density at radius 1 is 0.840 bits per heavy atom. The lowest BCUT2D eigenvalue weighted by atomic mass is 9.75. The first-order valence-corrected chi connectivity index (χ1v) is 9.89. The number of hydrogen-bond donors (Lipinski definition) is 1. The molecule has 0 aliphatic heterocycles. The lowest BCUT2D eigenvalue weighted by Gasteiger charge is -2.29. The predicted octanol–water partition coefficient (Wildman–Crippen LogP) is 6.88. The highest BCUT2D eigenvalue weighted by Gasteiger charge is 2.29. The van der Waals surface area contributed by atoms with E-state index in [9.17, 15) is 9.90 Å². The zero-order valence-corrected chi connectivity index (χ0v) is 17.5. The van der Waals surface area contributed by atoms with E-state index in [-0.39, 0.29) is 10.8 Å². The summed E-state index contributed by atoms with van der Waals surface area (Å²) in [5, 5.41) is 9.86. The topological polar surface area (TPSA) is 37.3 Å². The molecule has 0 amide bonds. The lowest BCUT2D eigenvalue weighted by molar-refractivity contribution is 0.0691. The molecule has 1 aromatic rings. The van der Waals surface area contributed by atoms with Crippen molar-refractivity contribution in [3.05, 3.63) is 34.4 Å². The minimum absolute atomic E-state index is 0.176. The number of benzene rings is 1. The van der Waals surface area contributed by atoms with Crippen molar-refractivity contribution in [1.82, 2.24) is 0 Å². The Bertz CT molecular complexity index is 536. The van der Waals surface area contributed by atoms with Gasteiger partial charge in [-0.15, -0.1) is 0 Å². The van der Waals surface area contributed by atoms with Gasteiger partial charge in [0.05, 0.1) is 5.56 Å². The molecule has 142 valence electrons. The minimum Gasteiger partial charge on any atom is -0.478 e. The van der Waals surface area contributed by atoms with Gasteiger partial charge in [-0.05, 0) is 40.4 Å². The highest BCUT2D eigenvalue weighted by atomic mass is 16.4. The van der Waals surface area contributed by atoms with Crippen molar-refractivity contribution in [3.63, 3.8) is 0 Å². The summed E-state index contributed by atoms with van der Waals surface area (Å²) in [6.07, 6.45) is 8.72. The number of rotatable bonds is 8. The van der Waals surface area contributed by atoms with Crippen LogP contribution in [0.4, 0.5) is 0 Å². The quantitative estimate of drug-likeness (QED) is 0.521. The van der Waals surface area contributed by atoms with Gasteiger partial charge in [0.25, 0.3) is 0 Å². The normalized spacial score (nSPS) is 12.4. The van der Waals surface area contributed by atoms with Crippen molar-refractivity contribution in [1.29, 1.82) is 0 Å². The third kappa shape index (κ3) is 6.49. The first kappa shape index (κ1) is 21.7. The molecule has 0 bridgehead atoms. The second-order valence-electron chi connectivity index (χ2n) is 9.39. The van der Waals surface area contributed by atoms with E-state index in [2.05, 4.69) is 60.6 Å². The molecule has 25 heavy (non-hydrogen) atoms. The van der Waals surface area contributed by atoms with Crippen molar-refractivity contribution in [3.8, 4) is 0 Å². The van der Waals surface area contributed by atoms with E-state index < -0.39 is 5.97 Å². The Hall–Kier alpha value is -1.31. The summed E-state index contributed by atoms with van der Waals surface area (Å²) in [6, 6.07) is 4.29. The van der Waals surface area contributed by atoms with Gasteiger partial charge in [0.1, 0.15) is 0 Å². The number of carbonyl (C=O) groups is 1. The number of aromatic carboxylic acids is 1. The fourth-order valence-electron chi connectivity index (χ4n) is 3.37. The molecule has 0 radical (unpaired) electrons. The van der Waals surface area contributed by atoms with Crippen LogP contribution in [-0.2, 0) is 17.3 Å². The standard InChI is InChI=1S/C23H38O2/c1-8-9-10-11-12-13-14-17-15-18(22(2,3)4)20(21(24)25)19(16-17)23(5,6)7/h15-16H,8-14H2,1-7H3,(H,24,25).